The number of carbonyl (C=O) groups is 2. The molecule has 2 aromatic carbocycles. The van der Waals surface area contributed by atoms with Crippen LogP contribution in [0.5, 0.6) is 0 Å². The van der Waals surface area contributed by atoms with Gasteiger partial charge < -0.3 is 18.7 Å². The van der Waals surface area contributed by atoms with Crippen molar-refractivity contribution in [3.05, 3.63) is 107 Å². The lowest BCUT2D eigenvalue weighted by molar-refractivity contribution is -0.175. The molecule has 9 rings (SSSR count). The number of thioether (sulfide) groups is 1. The number of aliphatic hydroxyl groups is 1. The van der Waals surface area contributed by atoms with Gasteiger partial charge in [-0.05, 0) is 122 Å². The molecule has 11 heteroatoms. The molecular formula is C40H38FN3O6S. The van der Waals surface area contributed by atoms with Crippen molar-refractivity contribution in [3.8, 4) is 5.69 Å². The SMILES string of the molecule is C[C@]12Cc3cnn(-c4ccc(F)cc4)c3C=C1CCC1C2[C@@H](O)C[C@@]2(C)C1CC[C@]2(OC(=O)c1ccco1)C(=O)SCc1nc2ccccc2o1. The van der Waals surface area contributed by atoms with Crippen LogP contribution >= 0.6 is 11.8 Å². The van der Waals surface area contributed by atoms with E-state index in [1.54, 1.807) is 18.2 Å². The van der Waals surface area contributed by atoms with Crippen LogP contribution in [0.1, 0.15) is 73.7 Å². The van der Waals surface area contributed by atoms with Crippen LogP contribution in [0, 0.1) is 34.4 Å². The maximum absolute atomic E-state index is 14.6. The van der Waals surface area contributed by atoms with E-state index in [0.29, 0.717) is 36.3 Å². The average molecular weight is 708 g/mol. The number of para-hydroxylation sites is 2. The molecule has 51 heavy (non-hydrogen) atoms. The maximum Gasteiger partial charge on any atom is 0.375 e. The topological polar surface area (TPSA) is 121 Å². The normalized spacial score (nSPS) is 30.9. The van der Waals surface area contributed by atoms with E-state index in [0.717, 1.165) is 48.0 Å². The smallest absolute Gasteiger partial charge is 0.375 e. The fourth-order valence-corrected chi connectivity index (χ4v) is 11.3. The largest absolute Gasteiger partial charge is 0.457 e. The Morgan fingerprint density at radius 1 is 1.10 bits per heavy atom. The first-order chi connectivity index (χ1) is 24.6. The van der Waals surface area contributed by atoms with Crippen molar-refractivity contribution < 1.29 is 32.7 Å². The molecule has 3 unspecified atom stereocenters. The van der Waals surface area contributed by atoms with Crippen molar-refractivity contribution in [2.24, 2.45) is 28.6 Å². The van der Waals surface area contributed by atoms with Gasteiger partial charge in [0.2, 0.25) is 16.8 Å². The van der Waals surface area contributed by atoms with Crippen LogP contribution in [0.25, 0.3) is 22.9 Å². The molecule has 3 saturated carbocycles. The molecule has 7 atom stereocenters. The molecule has 0 amide bonds. The van der Waals surface area contributed by atoms with E-state index in [2.05, 4.69) is 18.0 Å². The van der Waals surface area contributed by atoms with Crippen molar-refractivity contribution in [1.29, 1.82) is 0 Å². The van der Waals surface area contributed by atoms with Crippen molar-refractivity contribution in [2.75, 3.05) is 0 Å². The highest BCUT2D eigenvalue weighted by molar-refractivity contribution is 8.13. The second kappa shape index (κ2) is 11.8. The number of hydrogen-bond acceptors (Lipinski definition) is 9. The van der Waals surface area contributed by atoms with Crippen LogP contribution in [0.15, 0.2) is 87.5 Å². The van der Waals surface area contributed by atoms with E-state index in [-0.39, 0.29) is 45.6 Å². The number of furan rings is 1. The lowest BCUT2D eigenvalue weighted by Gasteiger charge is -2.60. The van der Waals surface area contributed by atoms with E-state index in [4.69, 9.17) is 18.7 Å². The summed E-state index contributed by atoms with van der Waals surface area (Å²) in [6.45, 7) is 4.30. The standard InChI is InChI=1S/C40H38FN3O6S/c1-38-19-23-21-42-44(26-12-10-25(41)11-13-26)30(23)18-24(38)9-14-27-28-15-16-40(39(28,2)20-31(45)35(27)38,50-36(46)33-8-5-17-48-33)37(47)51-22-34-43-29-6-3-4-7-32(29)49-34/h3-8,10-13,17-18,21,27-28,31,35,45H,9,14-16,19-20,22H2,1-2H3/t27?,28?,31-,35?,38-,39-,40-/m0/s1. The molecule has 0 aliphatic heterocycles. The fraction of sp³-hybridized carbons (Fsp3) is 0.400. The van der Waals surface area contributed by atoms with Crippen LogP contribution in [-0.4, -0.2) is 42.7 Å². The molecule has 5 aromatic rings. The second-order valence-electron chi connectivity index (χ2n) is 15.1. The summed E-state index contributed by atoms with van der Waals surface area (Å²) < 4.78 is 33.3. The Labute approximate surface area is 298 Å². The zero-order chi connectivity index (χ0) is 35.1. The summed E-state index contributed by atoms with van der Waals surface area (Å²) in [7, 11) is 0. The van der Waals surface area contributed by atoms with Gasteiger partial charge in [0.05, 0.1) is 35.7 Å². The predicted octanol–water partition coefficient (Wildman–Crippen LogP) is 7.95. The number of ether oxygens (including phenoxy) is 1. The number of nitrogens with zero attached hydrogens (tertiary/aromatic N) is 3. The molecule has 3 fully saturated rings. The summed E-state index contributed by atoms with van der Waals surface area (Å²) in [5.74, 6) is -0.263. The van der Waals surface area contributed by atoms with Crippen molar-refractivity contribution >= 4 is 40.0 Å². The quantitative estimate of drug-likeness (QED) is 0.175. The summed E-state index contributed by atoms with van der Waals surface area (Å²) >= 11 is 1.05. The Balaban J connectivity index is 1.03. The van der Waals surface area contributed by atoms with Crippen molar-refractivity contribution in [3.63, 3.8) is 0 Å². The van der Waals surface area contributed by atoms with Gasteiger partial charge in [-0.15, -0.1) is 0 Å². The van der Waals surface area contributed by atoms with Crippen molar-refractivity contribution in [2.45, 2.75) is 69.8 Å². The van der Waals surface area contributed by atoms with Crippen LogP contribution in [0.3, 0.4) is 0 Å². The van der Waals surface area contributed by atoms with E-state index in [1.807, 2.05) is 42.1 Å². The number of oxazole rings is 1. The van der Waals surface area contributed by atoms with Gasteiger partial charge >= 0.3 is 5.97 Å². The highest BCUT2D eigenvalue weighted by atomic mass is 32.2. The van der Waals surface area contributed by atoms with Gasteiger partial charge in [0, 0.05) is 5.41 Å². The first-order valence-electron chi connectivity index (χ1n) is 17.6. The van der Waals surface area contributed by atoms with Gasteiger partial charge in [-0.1, -0.05) is 43.3 Å². The van der Waals surface area contributed by atoms with Crippen LogP contribution < -0.4 is 0 Å². The van der Waals surface area contributed by atoms with Crippen LogP contribution in [-0.2, 0) is 21.7 Å². The Morgan fingerprint density at radius 3 is 2.71 bits per heavy atom. The molecule has 3 heterocycles. The number of aliphatic hydroxyl groups excluding tert-OH is 1. The van der Waals surface area contributed by atoms with Gasteiger partial charge in [-0.25, -0.2) is 18.9 Å². The first kappa shape index (κ1) is 32.4. The monoisotopic (exact) mass is 707 g/mol. The van der Waals surface area contributed by atoms with Gasteiger partial charge in [-0.2, -0.15) is 5.10 Å². The average Bonchev–Trinajstić information content (AvgIpc) is 3.92. The van der Waals surface area contributed by atoms with E-state index < -0.39 is 23.1 Å². The lowest BCUT2D eigenvalue weighted by atomic mass is 9.45. The number of rotatable bonds is 6. The summed E-state index contributed by atoms with van der Waals surface area (Å²) in [4.78, 5) is 32.8. The predicted molar refractivity (Wildman–Crippen MR) is 188 cm³/mol. The second-order valence-corrected chi connectivity index (χ2v) is 16.1. The number of allylic oxidation sites excluding steroid dienone is 1. The van der Waals surface area contributed by atoms with E-state index in [1.165, 1.54) is 30.0 Å². The Bertz CT molecular complexity index is 2160. The number of halogens is 1. The summed E-state index contributed by atoms with van der Waals surface area (Å²) in [6, 6.07) is 17.0. The molecule has 4 aliphatic rings. The van der Waals surface area contributed by atoms with Gasteiger partial charge in [-0.3, -0.25) is 4.79 Å². The number of esters is 1. The molecular weight excluding hydrogens is 670 g/mol. The van der Waals surface area contributed by atoms with Crippen LogP contribution in [0.4, 0.5) is 4.39 Å². The van der Waals surface area contributed by atoms with Crippen LogP contribution in [0.2, 0.25) is 0 Å². The Kier molecular flexibility index (Phi) is 7.49. The molecule has 9 nitrogen and oxygen atoms in total. The summed E-state index contributed by atoms with van der Waals surface area (Å²) in [5, 5.41) is 16.7. The molecule has 0 bridgehead atoms. The number of benzene rings is 2. The van der Waals surface area contributed by atoms with Gasteiger partial charge in [0.25, 0.3) is 0 Å². The summed E-state index contributed by atoms with van der Waals surface area (Å²) in [6.07, 6.45) is 8.53. The molecule has 262 valence electrons. The number of aromatic nitrogens is 3. The highest BCUT2D eigenvalue weighted by Gasteiger charge is 2.71. The minimum atomic E-state index is -1.49. The molecule has 0 saturated heterocycles. The minimum absolute atomic E-state index is 0.0332. The molecule has 3 aromatic heterocycles. The number of fused-ring (bicyclic) bond motifs is 7. The molecule has 0 radical (unpaired) electrons. The molecule has 1 N–H and O–H groups in total. The van der Waals surface area contributed by atoms with E-state index in [9.17, 15) is 19.1 Å². The third kappa shape index (κ3) is 4.91. The summed E-state index contributed by atoms with van der Waals surface area (Å²) in [5.41, 5.74) is 2.88. The lowest BCUT2D eigenvalue weighted by Crippen LogP contribution is -2.62. The van der Waals surface area contributed by atoms with Gasteiger partial charge in [0.15, 0.2) is 11.2 Å². The van der Waals surface area contributed by atoms with Gasteiger partial charge in [0.1, 0.15) is 11.3 Å². The zero-order valence-electron chi connectivity index (χ0n) is 28.4. The van der Waals surface area contributed by atoms with E-state index >= 15 is 0 Å². The maximum atomic E-state index is 14.6. The first-order valence-corrected chi connectivity index (χ1v) is 18.6. The number of hydrogen-bond donors (Lipinski definition) is 1. The Hall–Kier alpha value is -4.48. The fourth-order valence-electron chi connectivity index (χ4n) is 10.3. The third-order valence-electron chi connectivity index (χ3n) is 12.6. The Morgan fingerprint density at radius 2 is 1.92 bits per heavy atom. The van der Waals surface area contributed by atoms with Crippen molar-refractivity contribution in [1.82, 2.24) is 14.8 Å². The highest BCUT2D eigenvalue weighted by Crippen LogP contribution is 2.69. The number of carbonyl (C=O) groups excluding carboxylic acids is 2. The molecule has 4 aliphatic carbocycles. The zero-order valence-corrected chi connectivity index (χ0v) is 29.2. The minimum Gasteiger partial charge on any atom is -0.457 e. The molecule has 0 spiro atoms. The third-order valence-corrected chi connectivity index (χ3v) is 13.6.